The van der Waals surface area contributed by atoms with Gasteiger partial charge in [-0.05, 0) is 54.8 Å². The van der Waals surface area contributed by atoms with Crippen LogP contribution < -0.4 is 11.1 Å². The molecule has 31 heavy (non-hydrogen) atoms. The molecule has 1 fully saturated rings. The summed E-state index contributed by atoms with van der Waals surface area (Å²) >= 11 is 11.9. The monoisotopic (exact) mass is 463 g/mol. The zero-order chi connectivity index (χ0) is 22.0. The van der Waals surface area contributed by atoms with Gasteiger partial charge in [-0.3, -0.25) is 9.78 Å². The zero-order valence-electron chi connectivity index (χ0n) is 16.3. The summed E-state index contributed by atoms with van der Waals surface area (Å²) in [7, 11) is 0. The molecule has 3 aromatic rings. The number of nitrogens with one attached hydrogen (secondary N) is 2. The number of aromatic nitrogens is 1. The number of likely N-dealkylation sites (tertiary alicyclic amines) is 1. The Bertz CT molecular complexity index is 1160. The summed E-state index contributed by atoms with van der Waals surface area (Å²) < 4.78 is 10.3. The molecule has 1 saturated heterocycles. The molecule has 0 saturated carbocycles. The highest BCUT2D eigenvalue weighted by Crippen LogP contribution is 2.20. The lowest BCUT2D eigenvalue weighted by atomic mass is 10.0. The number of ether oxygens (including phenoxy) is 1. The van der Waals surface area contributed by atoms with E-state index in [0.717, 1.165) is 0 Å². The number of hydrogen-bond acceptors (Lipinski definition) is 5. The van der Waals surface area contributed by atoms with E-state index in [9.17, 15) is 14.4 Å². The van der Waals surface area contributed by atoms with Gasteiger partial charge in [0.2, 0.25) is 0 Å². The van der Waals surface area contributed by atoms with Crippen LogP contribution in [0.4, 0.5) is 4.79 Å². The van der Waals surface area contributed by atoms with Crippen LogP contribution in [-0.4, -0.2) is 41.0 Å². The Balaban J connectivity index is 1.27. The number of hydrogen-bond donors (Lipinski definition) is 2. The van der Waals surface area contributed by atoms with E-state index in [-0.39, 0.29) is 18.6 Å². The molecule has 2 heterocycles. The van der Waals surface area contributed by atoms with E-state index in [0.29, 0.717) is 58.2 Å². The Labute approximate surface area is 187 Å². The van der Waals surface area contributed by atoms with Gasteiger partial charge in [0.25, 0.3) is 5.91 Å². The maximum atomic E-state index is 12.5. The van der Waals surface area contributed by atoms with Crippen molar-refractivity contribution in [3.63, 3.8) is 0 Å². The molecule has 0 aliphatic carbocycles. The third kappa shape index (κ3) is 5.21. The van der Waals surface area contributed by atoms with Crippen LogP contribution in [-0.2, 0) is 11.3 Å². The molecule has 1 aromatic heterocycles. The van der Waals surface area contributed by atoms with Crippen molar-refractivity contribution in [3.8, 4) is 0 Å². The summed E-state index contributed by atoms with van der Waals surface area (Å²) in [6, 6.07) is 9.70. The highest BCUT2D eigenvalue weighted by Gasteiger charge is 2.25. The number of piperidine rings is 1. The summed E-state index contributed by atoms with van der Waals surface area (Å²) in [6.45, 7) is 1.01. The molecule has 2 aromatic carbocycles. The second kappa shape index (κ2) is 9.03. The lowest BCUT2D eigenvalue weighted by Crippen LogP contribution is -2.46. The van der Waals surface area contributed by atoms with Gasteiger partial charge >= 0.3 is 11.8 Å². The largest absolute Gasteiger partial charge is 0.445 e. The van der Waals surface area contributed by atoms with Crippen molar-refractivity contribution in [3.05, 3.63) is 68.1 Å². The number of oxazole rings is 1. The number of halogens is 2. The number of carbonyl (C=O) groups excluding carboxylic acids is 2. The fourth-order valence-corrected chi connectivity index (χ4v) is 4.06. The molecule has 162 valence electrons. The van der Waals surface area contributed by atoms with Crippen LogP contribution in [0.3, 0.4) is 0 Å². The summed E-state index contributed by atoms with van der Waals surface area (Å²) in [5, 5.41) is 3.92. The predicted octanol–water partition coefficient (Wildman–Crippen LogP) is 3.96. The van der Waals surface area contributed by atoms with Gasteiger partial charge in [-0.1, -0.05) is 23.2 Å². The van der Waals surface area contributed by atoms with Crippen molar-refractivity contribution < 1.29 is 18.7 Å². The van der Waals surface area contributed by atoms with Gasteiger partial charge < -0.3 is 19.4 Å². The summed E-state index contributed by atoms with van der Waals surface area (Å²) in [6.07, 6.45) is 0.783. The van der Waals surface area contributed by atoms with Gasteiger partial charge in [-0.15, -0.1) is 0 Å². The highest BCUT2D eigenvalue weighted by molar-refractivity contribution is 6.34. The lowest BCUT2D eigenvalue weighted by molar-refractivity contribution is 0.0809. The molecule has 4 rings (SSSR count). The highest BCUT2D eigenvalue weighted by atomic mass is 35.5. The summed E-state index contributed by atoms with van der Waals surface area (Å²) in [5.41, 5.74) is 1.98. The smallest absolute Gasteiger partial charge is 0.417 e. The molecular weight excluding hydrogens is 445 g/mol. The molecule has 0 bridgehead atoms. The molecule has 10 heteroatoms. The molecule has 0 spiro atoms. The molecule has 2 amide bonds. The number of carbonyl (C=O) groups is 2. The Morgan fingerprint density at radius 1 is 1.13 bits per heavy atom. The van der Waals surface area contributed by atoms with Crippen molar-refractivity contribution in [2.45, 2.75) is 25.5 Å². The molecule has 8 nitrogen and oxygen atoms in total. The number of aromatic amines is 1. The number of fused-ring (bicyclic) bond motifs is 1. The van der Waals surface area contributed by atoms with Crippen LogP contribution in [0.15, 0.2) is 45.6 Å². The lowest BCUT2D eigenvalue weighted by Gasteiger charge is -2.31. The van der Waals surface area contributed by atoms with Crippen LogP contribution in [0.2, 0.25) is 10.0 Å². The van der Waals surface area contributed by atoms with E-state index in [1.165, 1.54) is 6.07 Å². The molecular formula is C21H19Cl2N3O5. The summed E-state index contributed by atoms with van der Waals surface area (Å²) in [4.78, 5) is 40.2. The second-order valence-corrected chi connectivity index (χ2v) is 8.17. The minimum Gasteiger partial charge on any atom is -0.445 e. The number of benzene rings is 2. The normalized spacial score (nSPS) is 14.6. The SMILES string of the molecule is O=C(NC1CCN(C(=O)OCc2cc(Cl)cc(Cl)c2)CC1)c1ccc2[nH]c(=O)oc2c1. The maximum absolute atomic E-state index is 12.5. The first-order valence-electron chi connectivity index (χ1n) is 9.68. The van der Waals surface area contributed by atoms with E-state index in [1.54, 1.807) is 35.2 Å². The quantitative estimate of drug-likeness (QED) is 0.609. The van der Waals surface area contributed by atoms with Gasteiger partial charge in [0.15, 0.2) is 5.58 Å². The fourth-order valence-electron chi connectivity index (χ4n) is 3.49. The van der Waals surface area contributed by atoms with Gasteiger partial charge in [0.1, 0.15) is 6.61 Å². The standard InChI is InChI=1S/C21H19Cl2N3O5/c22-14-7-12(8-15(23)10-14)11-30-21(29)26-5-3-16(4-6-26)24-19(27)13-1-2-17-18(9-13)31-20(28)25-17/h1-2,7-10,16H,3-6,11H2,(H,24,27)(H,25,28). The number of nitrogens with zero attached hydrogens (tertiary/aromatic N) is 1. The minimum absolute atomic E-state index is 0.0720. The first kappa shape index (κ1) is 21.3. The second-order valence-electron chi connectivity index (χ2n) is 7.29. The molecule has 0 atom stereocenters. The van der Waals surface area contributed by atoms with Crippen molar-refractivity contribution in [2.75, 3.05) is 13.1 Å². The van der Waals surface area contributed by atoms with E-state index in [4.69, 9.17) is 32.4 Å². The van der Waals surface area contributed by atoms with E-state index < -0.39 is 11.8 Å². The van der Waals surface area contributed by atoms with Gasteiger partial charge in [0.05, 0.1) is 5.52 Å². The maximum Gasteiger partial charge on any atom is 0.417 e. The third-order valence-electron chi connectivity index (χ3n) is 5.06. The average molecular weight is 464 g/mol. The van der Waals surface area contributed by atoms with Crippen LogP contribution in [0.1, 0.15) is 28.8 Å². The Morgan fingerprint density at radius 2 is 1.84 bits per heavy atom. The van der Waals surface area contributed by atoms with Crippen LogP contribution in [0, 0.1) is 0 Å². The molecule has 1 aliphatic rings. The first-order valence-corrected chi connectivity index (χ1v) is 10.4. The third-order valence-corrected chi connectivity index (χ3v) is 5.49. The minimum atomic E-state index is -0.565. The van der Waals surface area contributed by atoms with Crippen LogP contribution in [0.25, 0.3) is 11.1 Å². The Morgan fingerprint density at radius 3 is 2.55 bits per heavy atom. The summed E-state index contributed by atoms with van der Waals surface area (Å²) in [5.74, 6) is -0.824. The molecule has 0 radical (unpaired) electrons. The van der Waals surface area contributed by atoms with Gasteiger partial charge in [0, 0.05) is 34.7 Å². The van der Waals surface area contributed by atoms with Crippen molar-refractivity contribution in [1.82, 2.24) is 15.2 Å². The molecule has 2 N–H and O–H groups in total. The average Bonchev–Trinajstić information content (AvgIpc) is 3.11. The molecule has 1 aliphatic heterocycles. The van der Waals surface area contributed by atoms with Gasteiger partial charge in [-0.2, -0.15) is 0 Å². The topological polar surface area (TPSA) is 105 Å². The van der Waals surface area contributed by atoms with Crippen molar-refractivity contribution in [1.29, 1.82) is 0 Å². The fraction of sp³-hybridized carbons (Fsp3) is 0.286. The first-order chi connectivity index (χ1) is 14.9. The van der Waals surface area contributed by atoms with Crippen molar-refractivity contribution in [2.24, 2.45) is 0 Å². The Hall–Kier alpha value is -2.97. The van der Waals surface area contributed by atoms with E-state index >= 15 is 0 Å². The molecule has 0 unspecified atom stereocenters. The zero-order valence-corrected chi connectivity index (χ0v) is 17.8. The predicted molar refractivity (Wildman–Crippen MR) is 116 cm³/mol. The number of H-pyrrole nitrogens is 1. The van der Waals surface area contributed by atoms with E-state index in [1.807, 2.05) is 0 Å². The number of amides is 2. The van der Waals surface area contributed by atoms with Gasteiger partial charge in [-0.25, -0.2) is 9.59 Å². The number of rotatable bonds is 4. The van der Waals surface area contributed by atoms with Crippen LogP contribution >= 0.6 is 23.2 Å². The van der Waals surface area contributed by atoms with E-state index in [2.05, 4.69) is 10.3 Å². The Kier molecular flexibility index (Phi) is 6.20. The van der Waals surface area contributed by atoms with Crippen molar-refractivity contribution >= 4 is 46.3 Å². The van der Waals surface area contributed by atoms with Crippen LogP contribution in [0.5, 0.6) is 0 Å².